The molecule has 5 heteroatoms. The number of carbonyl (C=O) groups is 1. The molecule has 0 saturated heterocycles. The molecule has 0 fully saturated rings. The lowest BCUT2D eigenvalue weighted by Crippen LogP contribution is -2.43. The van der Waals surface area contributed by atoms with Gasteiger partial charge in [0.1, 0.15) is 5.60 Å². The summed E-state index contributed by atoms with van der Waals surface area (Å²) in [6, 6.07) is 0. The summed E-state index contributed by atoms with van der Waals surface area (Å²) in [4.78, 5) is 11.8. The van der Waals surface area contributed by atoms with Gasteiger partial charge in [-0.25, -0.2) is 4.79 Å². The third kappa shape index (κ3) is 10.0. The van der Waals surface area contributed by atoms with Crippen LogP contribution in [0.15, 0.2) is 0 Å². The first-order valence-electron chi connectivity index (χ1n) is 7.79. The summed E-state index contributed by atoms with van der Waals surface area (Å²) >= 11 is 1.87. The average molecular weight is 320 g/mol. The average Bonchev–Trinajstić information content (AvgIpc) is 2.33. The normalized spacial score (nSPS) is 14.9. The number of aliphatic hydroxyl groups is 1. The maximum Gasteiger partial charge on any atom is 0.407 e. The number of rotatable bonds is 9. The first-order chi connectivity index (χ1) is 9.64. The number of thioether (sulfide) groups is 1. The molecule has 0 rings (SSSR count). The van der Waals surface area contributed by atoms with Gasteiger partial charge in [-0.1, -0.05) is 20.8 Å². The standard InChI is InChI=1S/C16H33NO3S/c1-7-21-9-8-16(12-18,10-13(2)3)11-17-14(19)20-15(4,5)6/h13,18H,7-12H2,1-6H3,(H,17,19). The zero-order valence-electron chi connectivity index (χ0n) is 14.5. The number of hydrogen-bond donors (Lipinski definition) is 2. The predicted octanol–water partition coefficient (Wildman–Crippen LogP) is 3.68. The highest BCUT2D eigenvalue weighted by molar-refractivity contribution is 7.99. The van der Waals surface area contributed by atoms with E-state index in [1.54, 1.807) is 0 Å². The van der Waals surface area contributed by atoms with E-state index >= 15 is 0 Å². The van der Waals surface area contributed by atoms with E-state index in [1.807, 2.05) is 32.5 Å². The molecule has 1 atom stereocenters. The summed E-state index contributed by atoms with van der Waals surface area (Å²) in [5.74, 6) is 2.55. The van der Waals surface area contributed by atoms with Crippen LogP contribution in [-0.4, -0.2) is 41.5 Å². The van der Waals surface area contributed by atoms with Crippen molar-refractivity contribution in [1.82, 2.24) is 5.32 Å². The summed E-state index contributed by atoms with van der Waals surface area (Å²) in [6.07, 6.45) is 1.38. The van der Waals surface area contributed by atoms with Crippen LogP contribution in [-0.2, 0) is 4.74 Å². The van der Waals surface area contributed by atoms with Gasteiger partial charge >= 0.3 is 6.09 Å². The number of ether oxygens (including phenoxy) is 1. The van der Waals surface area contributed by atoms with E-state index in [9.17, 15) is 9.90 Å². The van der Waals surface area contributed by atoms with Gasteiger partial charge in [0.25, 0.3) is 0 Å². The largest absolute Gasteiger partial charge is 0.444 e. The molecule has 2 N–H and O–H groups in total. The van der Waals surface area contributed by atoms with Crippen molar-refractivity contribution in [2.45, 2.75) is 60.0 Å². The number of amides is 1. The number of aliphatic hydroxyl groups excluding tert-OH is 1. The first-order valence-corrected chi connectivity index (χ1v) is 8.95. The fourth-order valence-corrected chi connectivity index (χ4v) is 3.20. The molecule has 126 valence electrons. The molecular formula is C16H33NO3S. The number of alkyl carbamates (subject to hydrolysis) is 1. The van der Waals surface area contributed by atoms with Gasteiger partial charge in [0, 0.05) is 12.0 Å². The van der Waals surface area contributed by atoms with Gasteiger partial charge in [-0.15, -0.1) is 0 Å². The quantitative estimate of drug-likeness (QED) is 0.637. The molecule has 1 amide bonds. The van der Waals surface area contributed by atoms with Crippen LogP contribution in [0.25, 0.3) is 0 Å². The Morgan fingerprint density at radius 1 is 1.33 bits per heavy atom. The van der Waals surface area contributed by atoms with Gasteiger partial charge in [-0.3, -0.25) is 0 Å². The Bertz CT molecular complexity index is 302. The van der Waals surface area contributed by atoms with Crippen LogP contribution in [0.2, 0.25) is 0 Å². The fourth-order valence-electron chi connectivity index (χ4n) is 2.34. The minimum Gasteiger partial charge on any atom is -0.444 e. The van der Waals surface area contributed by atoms with Crippen LogP contribution in [0.4, 0.5) is 4.79 Å². The maximum atomic E-state index is 11.8. The molecule has 0 aliphatic carbocycles. The second kappa shape index (κ2) is 9.57. The van der Waals surface area contributed by atoms with Crippen LogP contribution in [0.1, 0.15) is 54.4 Å². The van der Waals surface area contributed by atoms with Gasteiger partial charge in [-0.05, 0) is 51.0 Å². The number of nitrogens with one attached hydrogen (secondary N) is 1. The summed E-state index contributed by atoms with van der Waals surface area (Å²) in [5, 5.41) is 12.7. The molecule has 4 nitrogen and oxygen atoms in total. The Morgan fingerprint density at radius 2 is 1.95 bits per heavy atom. The summed E-state index contributed by atoms with van der Waals surface area (Å²) < 4.78 is 5.27. The number of carbonyl (C=O) groups excluding carboxylic acids is 1. The first kappa shape index (κ1) is 20.6. The molecule has 0 aliphatic rings. The van der Waals surface area contributed by atoms with E-state index < -0.39 is 11.7 Å². The topological polar surface area (TPSA) is 58.6 Å². The Morgan fingerprint density at radius 3 is 2.38 bits per heavy atom. The van der Waals surface area contributed by atoms with Gasteiger partial charge in [-0.2, -0.15) is 11.8 Å². The van der Waals surface area contributed by atoms with Gasteiger partial charge in [0.2, 0.25) is 0 Å². The molecule has 0 spiro atoms. The zero-order valence-corrected chi connectivity index (χ0v) is 15.3. The smallest absolute Gasteiger partial charge is 0.407 e. The Balaban J connectivity index is 4.60. The van der Waals surface area contributed by atoms with Crippen molar-refractivity contribution < 1.29 is 14.6 Å². The lowest BCUT2D eigenvalue weighted by molar-refractivity contribution is 0.0436. The highest BCUT2D eigenvalue weighted by Crippen LogP contribution is 2.31. The van der Waals surface area contributed by atoms with Crippen molar-refractivity contribution in [3.05, 3.63) is 0 Å². The lowest BCUT2D eigenvalue weighted by Gasteiger charge is -2.34. The van der Waals surface area contributed by atoms with Gasteiger partial charge in [0.05, 0.1) is 6.61 Å². The van der Waals surface area contributed by atoms with Crippen LogP contribution >= 0.6 is 11.8 Å². The van der Waals surface area contributed by atoms with Crippen LogP contribution in [0.3, 0.4) is 0 Å². The van der Waals surface area contributed by atoms with E-state index in [0.29, 0.717) is 12.5 Å². The third-order valence-corrected chi connectivity index (χ3v) is 4.07. The molecular weight excluding hydrogens is 286 g/mol. The van der Waals surface area contributed by atoms with E-state index in [0.717, 1.165) is 24.3 Å². The van der Waals surface area contributed by atoms with Crippen molar-refractivity contribution in [3.8, 4) is 0 Å². The Labute approximate surface area is 134 Å². The third-order valence-electron chi connectivity index (χ3n) is 3.16. The van der Waals surface area contributed by atoms with Crippen molar-refractivity contribution in [2.24, 2.45) is 11.3 Å². The highest BCUT2D eigenvalue weighted by atomic mass is 32.2. The van der Waals surface area contributed by atoms with E-state index in [2.05, 4.69) is 26.1 Å². The molecule has 21 heavy (non-hydrogen) atoms. The number of hydrogen-bond acceptors (Lipinski definition) is 4. The molecule has 0 heterocycles. The SMILES string of the molecule is CCSCCC(CO)(CNC(=O)OC(C)(C)C)CC(C)C. The minimum atomic E-state index is -0.498. The fraction of sp³-hybridized carbons (Fsp3) is 0.938. The lowest BCUT2D eigenvalue weighted by atomic mass is 9.78. The molecule has 0 aromatic rings. The Kier molecular flexibility index (Phi) is 9.38. The van der Waals surface area contributed by atoms with Crippen LogP contribution < -0.4 is 5.32 Å². The van der Waals surface area contributed by atoms with E-state index in [1.165, 1.54) is 0 Å². The monoisotopic (exact) mass is 319 g/mol. The minimum absolute atomic E-state index is 0.0885. The van der Waals surface area contributed by atoms with Crippen LogP contribution in [0, 0.1) is 11.3 Å². The van der Waals surface area contributed by atoms with E-state index in [-0.39, 0.29) is 12.0 Å². The van der Waals surface area contributed by atoms with Crippen molar-refractivity contribution in [1.29, 1.82) is 0 Å². The van der Waals surface area contributed by atoms with E-state index in [4.69, 9.17) is 4.74 Å². The summed E-state index contributed by atoms with van der Waals surface area (Å²) in [6.45, 7) is 12.5. The molecule has 1 unspecified atom stereocenters. The molecule has 0 radical (unpaired) electrons. The molecule has 0 aliphatic heterocycles. The summed E-state index contributed by atoms with van der Waals surface area (Å²) in [7, 11) is 0. The molecule has 0 bridgehead atoms. The molecule has 0 aromatic carbocycles. The van der Waals surface area contributed by atoms with Crippen molar-refractivity contribution in [3.63, 3.8) is 0 Å². The van der Waals surface area contributed by atoms with Gasteiger partial charge in [0.15, 0.2) is 0 Å². The van der Waals surface area contributed by atoms with Crippen molar-refractivity contribution in [2.75, 3.05) is 24.7 Å². The highest BCUT2D eigenvalue weighted by Gasteiger charge is 2.31. The maximum absolute atomic E-state index is 11.8. The van der Waals surface area contributed by atoms with Crippen LogP contribution in [0.5, 0.6) is 0 Å². The second-order valence-corrected chi connectivity index (χ2v) is 8.45. The predicted molar refractivity (Wildman–Crippen MR) is 90.8 cm³/mol. The molecule has 0 saturated carbocycles. The zero-order chi connectivity index (χ0) is 16.5. The molecule has 0 aromatic heterocycles. The summed E-state index contributed by atoms with van der Waals surface area (Å²) in [5.41, 5.74) is -0.755. The van der Waals surface area contributed by atoms with Gasteiger partial charge < -0.3 is 15.2 Å². The van der Waals surface area contributed by atoms with Crippen molar-refractivity contribution >= 4 is 17.9 Å². The Hall–Kier alpha value is -0.420. The second-order valence-electron chi connectivity index (χ2n) is 7.06.